The number of nitrogens with one attached hydrogen (secondary N) is 1. The number of carbonyl (C=O) groups excluding carboxylic acids is 1. The maximum Gasteiger partial charge on any atom is 0.221 e. The standard InChI is InChI=1S/C6H7N2OS/c1-4-6(8-5(2)9)10-3-7-4/h1-2H3,(H,8,9). The summed E-state index contributed by atoms with van der Waals surface area (Å²) in [4.78, 5) is 14.4. The van der Waals surface area contributed by atoms with Gasteiger partial charge in [0, 0.05) is 6.92 Å². The summed E-state index contributed by atoms with van der Waals surface area (Å²) in [5.41, 5.74) is 3.50. The first-order valence-electron chi connectivity index (χ1n) is 2.81. The molecule has 53 valence electrons. The Morgan fingerprint density at radius 1 is 1.80 bits per heavy atom. The number of nitrogens with zero attached hydrogens (tertiary/aromatic N) is 1. The van der Waals surface area contributed by atoms with Gasteiger partial charge in [-0.15, -0.1) is 0 Å². The number of anilines is 1. The lowest BCUT2D eigenvalue weighted by Gasteiger charge is -1.95. The van der Waals surface area contributed by atoms with E-state index in [1.165, 1.54) is 18.3 Å². The van der Waals surface area contributed by atoms with Gasteiger partial charge in [0.25, 0.3) is 0 Å². The molecule has 0 unspecified atom stereocenters. The van der Waals surface area contributed by atoms with Gasteiger partial charge in [-0.3, -0.25) is 4.79 Å². The Morgan fingerprint density at radius 3 is 2.90 bits per heavy atom. The van der Waals surface area contributed by atoms with E-state index < -0.39 is 0 Å². The van der Waals surface area contributed by atoms with E-state index >= 15 is 0 Å². The summed E-state index contributed by atoms with van der Waals surface area (Å²) in [6.07, 6.45) is 0. The predicted molar refractivity (Wildman–Crippen MR) is 40.0 cm³/mol. The third-order valence-electron chi connectivity index (χ3n) is 0.979. The molecule has 1 aromatic rings. The van der Waals surface area contributed by atoms with Gasteiger partial charge in [-0.25, -0.2) is 4.98 Å². The average Bonchev–Trinajstić information content (AvgIpc) is 2.15. The second kappa shape index (κ2) is 2.79. The number of carbonyl (C=O) groups is 1. The lowest BCUT2D eigenvalue weighted by Crippen LogP contribution is -2.04. The van der Waals surface area contributed by atoms with Crippen LogP contribution in [0.3, 0.4) is 0 Å². The number of hydrogen-bond acceptors (Lipinski definition) is 3. The number of hydrogen-bond donors (Lipinski definition) is 1. The van der Waals surface area contributed by atoms with Crippen molar-refractivity contribution in [3.05, 3.63) is 11.2 Å². The molecule has 1 N–H and O–H groups in total. The van der Waals surface area contributed by atoms with Crippen LogP contribution in [0, 0.1) is 12.4 Å². The molecule has 10 heavy (non-hydrogen) atoms. The lowest BCUT2D eigenvalue weighted by molar-refractivity contribution is -0.114. The van der Waals surface area contributed by atoms with Crippen LogP contribution in [0.15, 0.2) is 0 Å². The fourth-order valence-corrected chi connectivity index (χ4v) is 1.20. The van der Waals surface area contributed by atoms with Crippen molar-refractivity contribution < 1.29 is 4.79 Å². The molecule has 0 bridgehead atoms. The first-order valence-corrected chi connectivity index (χ1v) is 3.63. The van der Waals surface area contributed by atoms with E-state index in [4.69, 9.17) is 0 Å². The van der Waals surface area contributed by atoms with Crippen LogP contribution in [0.1, 0.15) is 12.6 Å². The zero-order valence-electron chi connectivity index (χ0n) is 5.76. The highest BCUT2D eigenvalue weighted by Crippen LogP contribution is 2.17. The first-order chi connectivity index (χ1) is 4.70. The average molecular weight is 155 g/mol. The van der Waals surface area contributed by atoms with Gasteiger partial charge in [0.15, 0.2) is 5.51 Å². The Balaban J connectivity index is 2.74. The fraction of sp³-hybridized carbons (Fsp3) is 0.333. The molecule has 0 fully saturated rings. The number of rotatable bonds is 1. The van der Waals surface area contributed by atoms with Gasteiger partial charge >= 0.3 is 0 Å². The van der Waals surface area contributed by atoms with E-state index in [2.05, 4.69) is 15.8 Å². The van der Waals surface area contributed by atoms with Gasteiger partial charge < -0.3 is 5.32 Å². The largest absolute Gasteiger partial charge is 0.316 e. The molecule has 4 heteroatoms. The molecule has 0 spiro atoms. The maximum absolute atomic E-state index is 10.5. The zero-order valence-corrected chi connectivity index (χ0v) is 6.58. The van der Waals surface area contributed by atoms with Crippen molar-refractivity contribution in [3.8, 4) is 0 Å². The molecule has 1 rings (SSSR count). The third-order valence-corrected chi connectivity index (χ3v) is 1.76. The topological polar surface area (TPSA) is 42.0 Å². The molecule has 1 amide bonds. The van der Waals surface area contributed by atoms with Gasteiger partial charge in [-0.1, -0.05) is 11.3 Å². The molecular formula is C6H7N2OS. The van der Waals surface area contributed by atoms with Crippen LogP contribution in [0.25, 0.3) is 0 Å². The van der Waals surface area contributed by atoms with Crippen LogP contribution in [0.4, 0.5) is 5.00 Å². The quantitative estimate of drug-likeness (QED) is 0.662. The van der Waals surface area contributed by atoms with Gasteiger partial charge in [-0.2, -0.15) is 0 Å². The summed E-state index contributed by atoms with van der Waals surface area (Å²) in [7, 11) is 0. The monoisotopic (exact) mass is 155 g/mol. The van der Waals surface area contributed by atoms with E-state index in [-0.39, 0.29) is 5.91 Å². The van der Waals surface area contributed by atoms with Gasteiger partial charge in [0.05, 0.1) is 5.69 Å². The molecule has 1 aromatic heterocycles. The highest BCUT2D eigenvalue weighted by molar-refractivity contribution is 7.13. The highest BCUT2D eigenvalue weighted by Gasteiger charge is 2.01. The summed E-state index contributed by atoms with van der Waals surface area (Å²) in [6.45, 7) is 3.30. The minimum absolute atomic E-state index is 0.0687. The van der Waals surface area contributed by atoms with Crippen molar-refractivity contribution in [2.75, 3.05) is 5.32 Å². The molecule has 0 aliphatic heterocycles. The second-order valence-corrected chi connectivity index (χ2v) is 2.70. The van der Waals surface area contributed by atoms with E-state index in [0.29, 0.717) is 0 Å². The Hall–Kier alpha value is -0.900. The first kappa shape index (κ1) is 7.21. The van der Waals surface area contributed by atoms with Crippen molar-refractivity contribution in [2.24, 2.45) is 0 Å². The number of thiazole rings is 1. The molecular weight excluding hydrogens is 148 g/mol. The van der Waals surface area contributed by atoms with Gasteiger partial charge in [0.1, 0.15) is 5.00 Å². The van der Waals surface area contributed by atoms with Crippen molar-refractivity contribution in [2.45, 2.75) is 13.8 Å². The molecule has 1 radical (unpaired) electrons. The summed E-state index contributed by atoms with van der Waals surface area (Å²) >= 11 is 1.31. The molecule has 0 saturated heterocycles. The normalized spacial score (nSPS) is 9.40. The molecule has 3 nitrogen and oxygen atoms in total. The van der Waals surface area contributed by atoms with Crippen LogP contribution < -0.4 is 5.32 Å². The molecule has 0 aromatic carbocycles. The van der Waals surface area contributed by atoms with Crippen LogP contribution >= 0.6 is 11.3 Å². The van der Waals surface area contributed by atoms with E-state index in [1.807, 2.05) is 6.92 Å². The molecule has 0 saturated carbocycles. The Bertz CT molecular complexity index is 244. The highest BCUT2D eigenvalue weighted by atomic mass is 32.1. The summed E-state index contributed by atoms with van der Waals surface area (Å²) in [5.74, 6) is -0.0687. The fourth-order valence-electron chi connectivity index (χ4n) is 0.537. The summed E-state index contributed by atoms with van der Waals surface area (Å²) in [5, 5.41) is 3.42. The van der Waals surface area contributed by atoms with Crippen molar-refractivity contribution in [1.29, 1.82) is 0 Å². The van der Waals surface area contributed by atoms with E-state index in [9.17, 15) is 4.79 Å². The van der Waals surface area contributed by atoms with Crippen LogP contribution in [-0.4, -0.2) is 10.9 Å². The molecule has 0 aliphatic carbocycles. The SMILES string of the molecule is CC(=O)Nc1s[c]nc1C. The van der Waals surface area contributed by atoms with E-state index in [1.54, 1.807) is 0 Å². The minimum atomic E-state index is -0.0687. The van der Waals surface area contributed by atoms with Crippen LogP contribution in [0.5, 0.6) is 0 Å². The van der Waals surface area contributed by atoms with Crippen molar-refractivity contribution in [1.82, 2.24) is 4.98 Å². The molecule has 1 heterocycles. The van der Waals surface area contributed by atoms with Crippen LogP contribution in [-0.2, 0) is 4.79 Å². The third kappa shape index (κ3) is 1.54. The summed E-state index contributed by atoms with van der Waals surface area (Å²) < 4.78 is 0. The van der Waals surface area contributed by atoms with E-state index in [0.717, 1.165) is 10.7 Å². The second-order valence-electron chi connectivity index (χ2n) is 1.90. The number of aryl methyl sites for hydroxylation is 1. The van der Waals surface area contributed by atoms with Crippen molar-refractivity contribution in [3.63, 3.8) is 0 Å². The Labute approximate surface area is 63.1 Å². The number of amides is 1. The lowest BCUT2D eigenvalue weighted by atomic mass is 10.5. The minimum Gasteiger partial charge on any atom is -0.316 e. The van der Waals surface area contributed by atoms with Crippen LogP contribution in [0.2, 0.25) is 0 Å². The number of aromatic nitrogens is 1. The predicted octanol–water partition coefficient (Wildman–Crippen LogP) is 1.21. The Kier molecular flexibility index (Phi) is 2.01. The molecule has 0 aliphatic rings. The smallest absolute Gasteiger partial charge is 0.221 e. The van der Waals surface area contributed by atoms with Crippen molar-refractivity contribution >= 4 is 22.2 Å². The summed E-state index contributed by atoms with van der Waals surface area (Å²) in [6, 6.07) is 0. The van der Waals surface area contributed by atoms with Gasteiger partial charge in [-0.05, 0) is 6.92 Å². The Morgan fingerprint density at radius 2 is 2.50 bits per heavy atom. The maximum atomic E-state index is 10.5. The van der Waals surface area contributed by atoms with Gasteiger partial charge in [0.2, 0.25) is 5.91 Å². The molecule has 0 atom stereocenters. The zero-order chi connectivity index (χ0) is 7.56.